The average Bonchev–Trinajstić information content (AvgIpc) is 3.02. The van der Waals surface area contributed by atoms with Crippen molar-refractivity contribution in [3.63, 3.8) is 0 Å². The highest BCUT2D eigenvalue weighted by Gasteiger charge is 2.37. The van der Waals surface area contributed by atoms with Gasteiger partial charge in [-0.05, 0) is 30.7 Å². The Morgan fingerprint density at radius 1 is 1.25 bits per heavy atom. The minimum absolute atomic E-state index is 0.0387. The molecule has 1 unspecified atom stereocenters. The quantitative estimate of drug-likeness (QED) is 0.857. The summed E-state index contributed by atoms with van der Waals surface area (Å²) in [6.45, 7) is 1.94. The first kappa shape index (κ1) is 12.7. The number of carbonyl (C=O) groups is 2. The number of amides is 1. The smallest absolute Gasteiger partial charge is 0.255 e. The molecule has 1 aliphatic heterocycles. The molecule has 1 aromatic heterocycles. The fourth-order valence-electron chi connectivity index (χ4n) is 2.69. The third kappa shape index (κ3) is 2.13. The molecule has 0 spiro atoms. The summed E-state index contributed by atoms with van der Waals surface area (Å²) in [5.74, 6) is 0.756. The van der Waals surface area contributed by atoms with E-state index in [9.17, 15) is 9.59 Å². The van der Waals surface area contributed by atoms with Crippen molar-refractivity contribution in [2.24, 2.45) is 0 Å². The van der Waals surface area contributed by atoms with Gasteiger partial charge >= 0.3 is 0 Å². The Morgan fingerprint density at radius 2 is 2.05 bits per heavy atom. The van der Waals surface area contributed by atoms with Crippen molar-refractivity contribution in [1.29, 1.82) is 0 Å². The summed E-state index contributed by atoms with van der Waals surface area (Å²) in [7, 11) is 0. The highest BCUT2D eigenvalue weighted by molar-refractivity contribution is 5.99. The molecule has 0 bridgehead atoms. The maximum Gasteiger partial charge on any atom is 0.255 e. The molecule has 1 atom stereocenters. The number of fused-ring (bicyclic) bond motifs is 1. The van der Waals surface area contributed by atoms with Crippen molar-refractivity contribution in [3.8, 4) is 0 Å². The van der Waals surface area contributed by atoms with Crippen molar-refractivity contribution in [3.05, 3.63) is 59.5 Å². The van der Waals surface area contributed by atoms with Crippen molar-refractivity contribution < 1.29 is 14.0 Å². The number of benzene rings is 1. The molecule has 4 nitrogen and oxygen atoms in total. The number of nitrogens with zero attached hydrogens (tertiary/aromatic N) is 1. The van der Waals surface area contributed by atoms with Gasteiger partial charge in [0.2, 0.25) is 0 Å². The maximum atomic E-state index is 12.5. The number of hydrogen-bond donors (Lipinski definition) is 0. The van der Waals surface area contributed by atoms with Gasteiger partial charge in [0.25, 0.3) is 5.91 Å². The molecule has 1 amide bonds. The highest BCUT2D eigenvalue weighted by Crippen LogP contribution is 2.37. The Morgan fingerprint density at radius 3 is 2.75 bits per heavy atom. The lowest BCUT2D eigenvalue weighted by Crippen LogP contribution is -2.28. The molecule has 1 aliphatic rings. The first-order valence-corrected chi connectivity index (χ1v) is 6.58. The largest absolute Gasteiger partial charge is 0.467 e. The molecule has 0 radical (unpaired) electrons. The van der Waals surface area contributed by atoms with Gasteiger partial charge in [-0.1, -0.05) is 18.2 Å². The van der Waals surface area contributed by atoms with Gasteiger partial charge in [-0.25, -0.2) is 0 Å². The van der Waals surface area contributed by atoms with Crippen LogP contribution in [0.5, 0.6) is 0 Å². The lowest BCUT2D eigenvalue weighted by Gasteiger charge is -2.23. The minimum Gasteiger partial charge on any atom is -0.467 e. The van der Waals surface area contributed by atoms with Gasteiger partial charge in [-0.15, -0.1) is 0 Å². The van der Waals surface area contributed by atoms with Crippen LogP contribution in [0.1, 0.15) is 41.1 Å². The standard InChI is InChI=1S/C16H15NO3/c1-11(18)9-15-13-6-2-3-7-14(13)16(19)17(15)10-12-5-4-8-20-12/h2-8,15H,9-10H2,1H3. The van der Waals surface area contributed by atoms with E-state index in [2.05, 4.69) is 0 Å². The fourth-order valence-corrected chi connectivity index (χ4v) is 2.69. The van der Waals surface area contributed by atoms with Crippen LogP contribution in [-0.4, -0.2) is 16.6 Å². The van der Waals surface area contributed by atoms with Crippen LogP contribution in [0.25, 0.3) is 0 Å². The summed E-state index contributed by atoms with van der Waals surface area (Å²) in [6, 6.07) is 10.9. The Kier molecular flexibility index (Phi) is 3.14. The Labute approximate surface area is 117 Å². The monoisotopic (exact) mass is 269 g/mol. The van der Waals surface area contributed by atoms with Crippen LogP contribution in [0, 0.1) is 0 Å². The predicted octanol–water partition coefficient (Wildman–Crippen LogP) is 2.96. The maximum absolute atomic E-state index is 12.5. The Hall–Kier alpha value is -2.36. The fraction of sp³-hybridized carbons (Fsp3) is 0.250. The second-order valence-corrected chi connectivity index (χ2v) is 5.02. The molecule has 0 saturated heterocycles. The summed E-state index contributed by atoms with van der Waals surface area (Å²) < 4.78 is 5.32. The van der Waals surface area contributed by atoms with E-state index in [1.165, 1.54) is 0 Å². The third-order valence-corrected chi connectivity index (χ3v) is 3.57. The molecule has 2 heterocycles. The summed E-state index contributed by atoms with van der Waals surface area (Å²) in [5.41, 5.74) is 1.62. The minimum atomic E-state index is -0.193. The summed E-state index contributed by atoms with van der Waals surface area (Å²) in [4.78, 5) is 25.7. The van der Waals surface area contributed by atoms with E-state index < -0.39 is 0 Å². The number of Topliss-reactive ketones (excluding diaryl/α,β-unsaturated/α-hetero) is 1. The molecular formula is C16H15NO3. The molecule has 2 aromatic rings. The van der Waals surface area contributed by atoms with Gasteiger partial charge in [0.15, 0.2) is 0 Å². The number of ketones is 1. The number of rotatable bonds is 4. The molecule has 0 aliphatic carbocycles. The van der Waals surface area contributed by atoms with Crippen molar-refractivity contribution in [2.45, 2.75) is 25.9 Å². The van der Waals surface area contributed by atoms with Gasteiger partial charge < -0.3 is 9.32 Å². The van der Waals surface area contributed by atoms with Crippen LogP contribution in [0.3, 0.4) is 0 Å². The summed E-state index contributed by atoms with van der Waals surface area (Å²) in [5, 5.41) is 0. The molecule has 0 N–H and O–H groups in total. The first-order valence-electron chi connectivity index (χ1n) is 6.58. The van der Waals surface area contributed by atoms with Crippen LogP contribution in [-0.2, 0) is 11.3 Å². The normalized spacial score (nSPS) is 17.4. The first-order chi connectivity index (χ1) is 9.66. The van der Waals surface area contributed by atoms with Crippen LogP contribution in [0.4, 0.5) is 0 Å². The topological polar surface area (TPSA) is 50.5 Å². The zero-order valence-electron chi connectivity index (χ0n) is 11.2. The lowest BCUT2D eigenvalue weighted by atomic mass is 10.0. The van der Waals surface area contributed by atoms with E-state index in [-0.39, 0.29) is 17.7 Å². The van der Waals surface area contributed by atoms with Gasteiger partial charge in [0, 0.05) is 12.0 Å². The zero-order chi connectivity index (χ0) is 14.1. The molecule has 1 aromatic carbocycles. The molecule has 0 saturated carbocycles. The summed E-state index contributed by atoms with van der Waals surface area (Å²) >= 11 is 0. The molecule has 102 valence electrons. The average molecular weight is 269 g/mol. The molecular weight excluding hydrogens is 254 g/mol. The van der Waals surface area contributed by atoms with E-state index in [0.29, 0.717) is 18.5 Å². The lowest BCUT2D eigenvalue weighted by molar-refractivity contribution is -0.118. The van der Waals surface area contributed by atoms with E-state index >= 15 is 0 Å². The molecule has 20 heavy (non-hydrogen) atoms. The second kappa shape index (κ2) is 4.96. The van der Waals surface area contributed by atoms with Crippen LogP contribution in [0.2, 0.25) is 0 Å². The van der Waals surface area contributed by atoms with Crippen LogP contribution >= 0.6 is 0 Å². The van der Waals surface area contributed by atoms with Crippen LogP contribution < -0.4 is 0 Å². The zero-order valence-corrected chi connectivity index (χ0v) is 11.2. The summed E-state index contributed by atoms with van der Waals surface area (Å²) in [6.07, 6.45) is 1.92. The highest BCUT2D eigenvalue weighted by atomic mass is 16.3. The SMILES string of the molecule is CC(=O)CC1c2ccccc2C(=O)N1Cc1ccco1. The molecule has 4 heteroatoms. The van der Waals surface area contributed by atoms with E-state index in [1.807, 2.05) is 30.3 Å². The van der Waals surface area contributed by atoms with Crippen molar-refractivity contribution >= 4 is 11.7 Å². The molecule has 3 rings (SSSR count). The third-order valence-electron chi connectivity index (χ3n) is 3.57. The van der Waals surface area contributed by atoms with E-state index in [1.54, 1.807) is 24.2 Å². The van der Waals surface area contributed by atoms with E-state index in [0.717, 1.165) is 11.3 Å². The van der Waals surface area contributed by atoms with Crippen molar-refractivity contribution in [1.82, 2.24) is 4.90 Å². The van der Waals surface area contributed by atoms with Crippen molar-refractivity contribution in [2.75, 3.05) is 0 Å². The number of carbonyl (C=O) groups excluding carboxylic acids is 2. The van der Waals surface area contributed by atoms with Gasteiger partial charge in [0.05, 0.1) is 18.8 Å². The Balaban J connectivity index is 1.96. The second-order valence-electron chi connectivity index (χ2n) is 5.02. The van der Waals surface area contributed by atoms with Gasteiger partial charge in [-0.2, -0.15) is 0 Å². The number of furan rings is 1. The number of hydrogen-bond acceptors (Lipinski definition) is 3. The van der Waals surface area contributed by atoms with E-state index in [4.69, 9.17) is 4.42 Å². The van der Waals surface area contributed by atoms with Gasteiger partial charge in [0.1, 0.15) is 11.5 Å². The Bertz CT molecular complexity index is 646. The predicted molar refractivity (Wildman–Crippen MR) is 73.1 cm³/mol. The molecule has 0 fully saturated rings. The van der Waals surface area contributed by atoms with Crippen LogP contribution in [0.15, 0.2) is 47.1 Å². The van der Waals surface area contributed by atoms with Gasteiger partial charge in [-0.3, -0.25) is 9.59 Å².